The minimum absolute atomic E-state index is 0.114. The van der Waals surface area contributed by atoms with Crippen LogP contribution in [0, 0.1) is 0 Å². The molecule has 1 aromatic rings. The van der Waals surface area contributed by atoms with Crippen LogP contribution < -0.4 is 15.2 Å². The van der Waals surface area contributed by atoms with E-state index in [2.05, 4.69) is 21.2 Å². The number of halogens is 1. The van der Waals surface area contributed by atoms with Gasteiger partial charge in [0.25, 0.3) is 0 Å². The lowest BCUT2D eigenvalue weighted by atomic mass is 10.3. The van der Waals surface area contributed by atoms with Gasteiger partial charge in [0, 0.05) is 17.1 Å². The highest BCUT2D eigenvalue weighted by Crippen LogP contribution is 2.26. The van der Waals surface area contributed by atoms with Gasteiger partial charge >= 0.3 is 0 Å². The monoisotopic (exact) mass is 308 g/mol. The van der Waals surface area contributed by atoms with Gasteiger partial charge in [0.15, 0.2) is 0 Å². The molecule has 0 unspecified atom stereocenters. The van der Waals surface area contributed by atoms with Crippen LogP contribution in [0.3, 0.4) is 0 Å². The van der Waals surface area contributed by atoms with E-state index in [9.17, 15) is 8.42 Å². The second-order valence-corrected chi connectivity index (χ2v) is 5.73. The standard InChI is InChI=1S/C9H13BrN2O3S/c1-15-7-2-3-8(10)9(6-7)12-4-5-16(11,13)14/h2-3,6,12H,4-5H2,1H3,(H2,11,13,14). The number of rotatable bonds is 5. The summed E-state index contributed by atoms with van der Waals surface area (Å²) >= 11 is 3.34. The van der Waals surface area contributed by atoms with E-state index in [1.165, 1.54) is 0 Å². The van der Waals surface area contributed by atoms with Crippen LogP contribution in [-0.4, -0.2) is 27.8 Å². The normalized spacial score (nSPS) is 11.2. The summed E-state index contributed by atoms with van der Waals surface area (Å²) in [6.45, 7) is 0.255. The Labute approximate surface area is 103 Å². The van der Waals surface area contributed by atoms with Gasteiger partial charge in [-0.3, -0.25) is 0 Å². The zero-order valence-electron chi connectivity index (χ0n) is 8.73. The van der Waals surface area contributed by atoms with Gasteiger partial charge in [-0.2, -0.15) is 0 Å². The van der Waals surface area contributed by atoms with Crippen LogP contribution in [0.1, 0.15) is 0 Å². The summed E-state index contributed by atoms with van der Waals surface area (Å²) in [5.74, 6) is 0.581. The fraction of sp³-hybridized carbons (Fsp3) is 0.333. The lowest BCUT2D eigenvalue weighted by Gasteiger charge is -2.09. The molecule has 0 bridgehead atoms. The Kier molecular flexibility index (Phi) is 4.57. The van der Waals surface area contributed by atoms with Gasteiger partial charge in [0.05, 0.1) is 18.6 Å². The van der Waals surface area contributed by atoms with Crippen molar-refractivity contribution in [2.75, 3.05) is 24.7 Å². The van der Waals surface area contributed by atoms with E-state index in [-0.39, 0.29) is 12.3 Å². The molecule has 90 valence electrons. The quantitative estimate of drug-likeness (QED) is 0.855. The zero-order chi connectivity index (χ0) is 12.2. The molecule has 0 aliphatic heterocycles. The first-order chi connectivity index (χ1) is 7.42. The molecule has 0 aliphatic rings. The van der Waals surface area contributed by atoms with Crippen LogP contribution in [0.25, 0.3) is 0 Å². The largest absolute Gasteiger partial charge is 0.497 e. The van der Waals surface area contributed by atoms with Crippen LogP contribution in [0.5, 0.6) is 5.75 Å². The Morgan fingerprint density at radius 2 is 2.19 bits per heavy atom. The number of nitrogens with one attached hydrogen (secondary N) is 1. The molecule has 0 aliphatic carbocycles. The summed E-state index contributed by atoms with van der Waals surface area (Å²) in [6, 6.07) is 5.39. The summed E-state index contributed by atoms with van der Waals surface area (Å²) in [5, 5.41) is 7.85. The molecule has 1 aromatic carbocycles. The molecule has 0 amide bonds. The van der Waals surface area contributed by atoms with Gasteiger partial charge in [0.1, 0.15) is 5.75 Å². The highest BCUT2D eigenvalue weighted by molar-refractivity contribution is 9.10. The number of benzene rings is 1. The fourth-order valence-corrected chi connectivity index (χ4v) is 1.87. The number of nitrogens with two attached hydrogens (primary N) is 1. The van der Waals surface area contributed by atoms with E-state index in [0.717, 1.165) is 10.2 Å². The van der Waals surface area contributed by atoms with Crippen molar-refractivity contribution in [2.24, 2.45) is 5.14 Å². The van der Waals surface area contributed by atoms with Gasteiger partial charge in [-0.15, -0.1) is 0 Å². The number of ether oxygens (including phenoxy) is 1. The third kappa shape index (κ3) is 4.38. The molecule has 7 heteroatoms. The van der Waals surface area contributed by atoms with Crippen LogP contribution in [0.15, 0.2) is 22.7 Å². The first-order valence-electron chi connectivity index (χ1n) is 4.50. The molecule has 0 spiro atoms. The molecular weight excluding hydrogens is 296 g/mol. The zero-order valence-corrected chi connectivity index (χ0v) is 11.1. The highest BCUT2D eigenvalue weighted by atomic mass is 79.9. The molecule has 3 N–H and O–H groups in total. The third-order valence-electron chi connectivity index (χ3n) is 1.88. The molecule has 5 nitrogen and oxygen atoms in total. The molecule has 0 saturated heterocycles. The number of anilines is 1. The van der Waals surface area contributed by atoms with Crippen LogP contribution in [0.2, 0.25) is 0 Å². The predicted molar refractivity (Wildman–Crippen MR) is 67.2 cm³/mol. The molecule has 16 heavy (non-hydrogen) atoms. The van der Waals surface area contributed by atoms with Gasteiger partial charge in [-0.25, -0.2) is 13.6 Å². The van der Waals surface area contributed by atoms with E-state index in [4.69, 9.17) is 9.88 Å². The third-order valence-corrected chi connectivity index (χ3v) is 3.34. The van der Waals surface area contributed by atoms with Crippen LogP contribution in [-0.2, 0) is 10.0 Å². The molecule has 0 atom stereocenters. The Hall–Kier alpha value is -0.790. The van der Waals surface area contributed by atoms with Crippen LogP contribution in [0.4, 0.5) is 5.69 Å². The number of primary sulfonamides is 1. The Morgan fingerprint density at radius 1 is 1.50 bits per heavy atom. The summed E-state index contributed by atoms with van der Waals surface area (Å²) in [4.78, 5) is 0. The average Bonchev–Trinajstić information content (AvgIpc) is 2.19. The molecule has 0 heterocycles. The average molecular weight is 309 g/mol. The second-order valence-electron chi connectivity index (χ2n) is 3.14. The number of sulfonamides is 1. The summed E-state index contributed by atoms with van der Waals surface area (Å²) in [7, 11) is -1.87. The summed E-state index contributed by atoms with van der Waals surface area (Å²) in [6.07, 6.45) is 0. The first-order valence-corrected chi connectivity index (χ1v) is 7.01. The van der Waals surface area contributed by atoms with E-state index in [1.807, 2.05) is 6.07 Å². The molecular formula is C9H13BrN2O3S. The molecule has 0 fully saturated rings. The van der Waals surface area contributed by atoms with Gasteiger partial charge in [-0.1, -0.05) is 0 Å². The maximum Gasteiger partial charge on any atom is 0.210 e. The molecule has 0 aromatic heterocycles. The van der Waals surface area contributed by atoms with Crippen molar-refractivity contribution in [1.29, 1.82) is 0 Å². The number of hydrogen-bond acceptors (Lipinski definition) is 4. The maximum absolute atomic E-state index is 10.7. The lowest BCUT2D eigenvalue weighted by Crippen LogP contribution is -2.22. The molecule has 0 saturated carbocycles. The van der Waals surface area contributed by atoms with Gasteiger partial charge in [0.2, 0.25) is 10.0 Å². The predicted octanol–water partition coefficient (Wildman–Crippen LogP) is 1.16. The SMILES string of the molecule is COc1ccc(Br)c(NCCS(N)(=O)=O)c1. The van der Waals surface area contributed by atoms with E-state index >= 15 is 0 Å². The minimum Gasteiger partial charge on any atom is -0.497 e. The van der Waals surface area contributed by atoms with E-state index in [1.54, 1.807) is 19.2 Å². The lowest BCUT2D eigenvalue weighted by molar-refractivity contribution is 0.415. The van der Waals surface area contributed by atoms with Crippen LogP contribution >= 0.6 is 15.9 Å². The van der Waals surface area contributed by atoms with Crippen molar-refractivity contribution in [3.63, 3.8) is 0 Å². The van der Waals surface area contributed by atoms with Crippen molar-refractivity contribution < 1.29 is 13.2 Å². The molecule has 1 rings (SSSR count). The van der Waals surface area contributed by atoms with E-state index in [0.29, 0.717) is 5.75 Å². The first kappa shape index (κ1) is 13.3. The minimum atomic E-state index is -3.43. The van der Waals surface area contributed by atoms with Crippen molar-refractivity contribution in [3.05, 3.63) is 22.7 Å². The van der Waals surface area contributed by atoms with Gasteiger partial charge < -0.3 is 10.1 Å². The van der Waals surface area contributed by atoms with E-state index < -0.39 is 10.0 Å². The van der Waals surface area contributed by atoms with Crippen molar-refractivity contribution in [2.45, 2.75) is 0 Å². The summed E-state index contributed by atoms with van der Waals surface area (Å²) in [5.41, 5.74) is 0.767. The second kappa shape index (κ2) is 5.51. The fourth-order valence-electron chi connectivity index (χ4n) is 1.09. The number of hydrogen-bond donors (Lipinski definition) is 2. The topological polar surface area (TPSA) is 81.4 Å². The Morgan fingerprint density at radius 3 is 2.75 bits per heavy atom. The Bertz CT molecular complexity index is 462. The molecule has 0 radical (unpaired) electrons. The van der Waals surface area contributed by atoms with Gasteiger partial charge in [-0.05, 0) is 28.1 Å². The Balaban J connectivity index is 2.66. The summed E-state index contributed by atoms with van der Waals surface area (Å²) < 4.78 is 27.4. The smallest absolute Gasteiger partial charge is 0.210 e. The maximum atomic E-state index is 10.7. The highest BCUT2D eigenvalue weighted by Gasteiger charge is 2.04. The number of methoxy groups -OCH3 is 1. The van der Waals surface area contributed by atoms with Crippen molar-refractivity contribution in [1.82, 2.24) is 0 Å². The van der Waals surface area contributed by atoms with Crippen molar-refractivity contribution in [3.8, 4) is 5.75 Å². The van der Waals surface area contributed by atoms with Crippen molar-refractivity contribution >= 4 is 31.6 Å².